The molecule has 4 rings (SSSR count). The van der Waals surface area contributed by atoms with Gasteiger partial charge in [-0.2, -0.15) is 0 Å². The Labute approximate surface area is 169 Å². The van der Waals surface area contributed by atoms with E-state index in [1.54, 1.807) is 7.11 Å². The third kappa shape index (κ3) is 3.80. The second kappa shape index (κ2) is 8.80. The maximum absolute atomic E-state index is 5.88. The van der Waals surface area contributed by atoms with Crippen LogP contribution in [-0.4, -0.2) is 19.7 Å². The first kappa shape index (κ1) is 19.0. The number of nitrogens with zero attached hydrogens (tertiary/aromatic N) is 1. The van der Waals surface area contributed by atoms with Gasteiger partial charge in [-0.05, 0) is 50.8 Å². The molecule has 0 radical (unpaired) electrons. The van der Waals surface area contributed by atoms with Crippen LogP contribution in [0.15, 0.2) is 78.9 Å². The van der Waals surface area contributed by atoms with E-state index in [1.807, 2.05) is 0 Å². The summed E-state index contributed by atoms with van der Waals surface area (Å²) in [5.74, 6) is 0.991. The second-order valence-electron chi connectivity index (χ2n) is 7.37. The molecule has 1 atom stereocenters. The number of ether oxygens (including phenoxy) is 1. The molecular weight excluding hydrogens is 361 g/mol. The first-order chi connectivity index (χ1) is 13.8. The monoisotopic (exact) mass is 389 g/mol. The van der Waals surface area contributed by atoms with Crippen molar-refractivity contribution in [1.82, 2.24) is 0 Å². The van der Waals surface area contributed by atoms with Crippen LogP contribution in [-0.2, 0) is 0 Å². The molecule has 2 nitrogen and oxygen atoms in total. The summed E-state index contributed by atoms with van der Waals surface area (Å²) >= 11 is 0. The van der Waals surface area contributed by atoms with E-state index >= 15 is 0 Å². The number of hydrogen-bond acceptors (Lipinski definition) is 2. The minimum Gasteiger partial charge on any atom is -0.495 e. The van der Waals surface area contributed by atoms with Crippen molar-refractivity contribution in [1.29, 1.82) is 0 Å². The number of rotatable bonds is 5. The molecule has 3 aromatic rings. The molecule has 0 N–H and O–H groups in total. The molecule has 1 fully saturated rings. The van der Waals surface area contributed by atoms with Gasteiger partial charge >= 0.3 is 0 Å². The van der Waals surface area contributed by atoms with E-state index < -0.39 is 7.92 Å². The molecule has 3 heteroatoms. The van der Waals surface area contributed by atoms with Crippen LogP contribution in [0.5, 0.6) is 5.75 Å². The Bertz CT molecular complexity index is 857. The Morgan fingerprint density at radius 1 is 0.821 bits per heavy atom. The maximum Gasteiger partial charge on any atom is 0.142 e. The van der Waals surface area contributed by atoms with E-state index in [0.29, 0.717) is 6.04 Å². The van der Waals surface area contributed by atoms with Gasteiger partial charge in [0.1, 0.15) is 5.75 Å². The van der Waals surface area contributed by atoms with Gasteiger partial charge in [-0.15, -0.1) is 0 Å². The predicted molar refractivity (Wildman–Crippen MR) is 122 cm³/mol. The maximum atomic E-state index is 5.88. The van der Waals surface area contributed by atoms with E-state index in [4.69, 9.17) is 4.74 Å². The fraction of sp³-hybridized carbons (Fsp3) is 0.280. The van der Waals surface area contributed by atoms with Crippen LogP contribution in [0.1, 0.15) is 26.2 Å². The minimum absolute atomic E-state index is 0.534. The summed E-state index contributed by atoms with van der Waals surface area (Å²) < 4.78 is 5.88. The lowest BCUT2D eigenvalue weighted by molar-refractivity contribution is 0.408. The Balaban J connectivity index is 1.92. The van der Waals surface area contributed by atoms with E-state index in [1.165, 1.54) is 40.9 Å². The van der Waals surface area contributed by atoms with Crippen molar-refractivity contribution in [3.8, 4) is 5.75 Å². The summed E-state index contributed by atoms with van der Waals surface area (Å²) in [5, 5.41) is 4.14. The first-order valence-electron chi connectivity index (χ1n) is 10.1. The highest BCUT2D eigenvalue weighted by molar-refractivity contribution is 7.80. The van der Waals surface area contributed by atoms with Crippen molar-refractivity contribution < 1.29 is 4.74 Å². The van der Waals surface area contributed by atoms with Gasteiger partial charge < -0.3 is 9.64 Å². The normalized spacial score (nSPS) is 17.0. The van der Waals surface area contributed by atoms with Gasteiger partial charge in [0.25, 0.3) is 0 Å². The van der Waals surface area contributed by atoms with Crippen LogP contribution in [0.2, 0.25) is 0 Å². The SMILES string of the molecule is COc1cccc(P(c2ccccc2)c2ccccc2)c1N1CCCC[C@@H]1C. The van der Waals surface area contributed by atoms with Gasteiger partial charge in [0.15, 0.2) is 0 Å². The highest BCUT2D eigenvalue weighted by Gasteiger charge is 2.28. The Morgan fingerprint density at radius 3 is 2.04 bits per heavy atom. The zero-order valence-electron chi connectivity index (χ0n) is 16.7. The minimum atomic E-state index is -0.654. The highest BCUT2D eigenvalue weighted by Crippen LogP contribution is 2.42. The molecule has 0 unspecified atom stereocenters. The largest absolute Gasteiger partial charge is 0.495 e. The third-order valence-electron chi connectivity index (χ3n) is 5.56. The zero-order valence-corrected chi connectivity index (χ0v) is 17.6. The van der Waals surface area contributed by atoms with E-state index in [9.17, 15) is 0 Å². The number of benzene rings is 3. The average Bonchev–Trinajstić information content (AvgIpc) is 2.76. The van der Waals surface area contributed by atoms with Gasteiger partial charge in [-0.3, -0.25) is 0 Å². The van der Waals surface area contributed by atoms with Gasteiger partial charge in [0.2, 0.25) is 0 Å². The predicted octanol–water partition coefficient (Wildman–Crippen LogP) is 4.83. The number of anilines is 1. The Morgan fingerprint density at radius 2 is 1.46 bits per heavy atom. The van der Waals surface area contributed by atoms with Crippen molar-refractivity contribution in [3.05, 3.63) is 78.9 Å². The molecule has 0 saturated carbocycles. The van der Waals surface area contributed by atoms with Gasteiger partial charge in [-0.25, -0.2) is 0 Å². The van der Waals surface area contributed by atoms with E-state index in [0.717, 1.165) is 12.3 Å². The van der Waals surface area contributed by atoms with Crippen LogP contribution in [0.25, 0.3) is 0 Å². The topological polar surface area (TPSA) is 12.5 Å². The van der Waals surface area contributed by atoms with Crippen LogP contribution < -0.4 is 25.6 Å². The first-order valence-corrected chi connectivity index (χ1v) is 11.5. The lowest BCUT2D eigenvalue weighted by atomic mass is 10.0. The standard InChI is InChI=1S/C25H28NOP/c1-20-12-9-10-19-26(20)25-23(27-2)17-11-18-24(25)28(21-13-5-3-6-14-21)22-15-7-4-8-16-22/h3-8,11,13-18,20H,9-10,12,19H2,1-2H3/t20-/m0/s1. The van der Waals surface area contributed by atoms with Gasteiger partial charge in [-0.1, -0.05) is 72.8 Å². The van der Waals surface area contributed by atoms with Crippen LogP contribution in [0.4, 0.5) is 5.69 Å². The van der Waals surface area contributed by atoms with Crippen molar-refractivity contribution in [2.24, 2.45) is 0 Å². The molecule has 0 amide bonds. The van der Waals surface area contributed by atoms with E-state index in [2.05, 4.69) is 90.7 Å². The third-order valence-corrected chi connectivity index (χ3v) is 8.03. The molecule has 0 spiro atoms. The van der Waals surface area contributed by atoms with Crippen molar-refractivity contribution >= 4 is 29.5 Å². The van der Waals surface area contributed by atoms with Gasteiger partial charge in [0, 0.05) is 17.9 Å². The van der Waals surface area contributed by atoms with E-state index in [-0.39, 0.29) is 0 Å². The summed E-state index contributed by atoms with van der Waals surface area (Å²) in [6, 6.07) is 29.0. The molecule has 1 aliphatic rings. The Hall–Kier alpha value is -2.31. The molecule has 0 bridgehead atoms. The summed E-state index contributed by atoms with van der Waals surface area (Å²) in [4.78, 5) is 2.58. The molecular formula is C25H28NOP. The number of methoxy groups -OCH3 is 1. The summed E-state index contributed by atoms with van der Waals surface area (Å²) in [6.45, 7) is 3.45. The Kier molecular flexibility index (Phi) is 5.98. The lowest BCUT2D eigenvalue weighted by Gasteiger charge is -2.38. The fourth-order valence-corrected chi connectivity index (χ4v) is 6.64. The summed E-state index contributed by atoms with van der Waals surface area (Å²) in [7, 11) is 1.14. The molecule has 1 heterocycles. The highest BCUT2D eigenvalue weighted by atomic mass is 31.1. The molecule has 144 valence electrons. The number of hydrogen-bond donors (Lipinski definition) is 0. The van der Waals surface area contributed by atoms with Crippen molar-refractivity contribution in [2.75, 3.05) is 18.6 Å². The molecule has 28 heavy (non-hydrogen) atoms. The number of piperidine rings is 1. The van der Waals surface area contributed by atoms with Crippen molar-refractivity contribution in [3.63, 3.8) is 0 Å². The molecule has 1 aliphatic heterocycles. The lowest BCUT2D eigenvalue weighted by Crippen LogP contribution is -2.40. The average molecular weight is 389 g/mol. The molecule has 3 aromatic carbocycles. The number of para-hydroxylation sites is 1. The smallest absolute Gasteiger partial charge is 0.142 e. The molecule has 0 aliphatic carbocycles. The molecule has 0 aromatic heterocycles. The van der Waals surface area contributed by atoms with Crippen LogP contribution in [0, 0.1) is 0 Å². The second-order valence-corrected chi connectivity index (χ2v) is 9.56. The van der Waals surface area contributed by atoms with Crippen LogP contribution in [0.3, 0.4) is 0 Å². The van der Waals surface area contributed by atoms with Gasteiger partial charge in [0.05, 0.1) is 12.8 Å². The quantitative estimate of drug-likeness (QED) is 0.580. The fourth-order valence-electron chi connectivity index (χ4n) is 4.16. The molecule has 1 saturated heterocycles. The zero-order chi connectivity index (χ0) is 19.3. The van der Waals surface area contributed by atoms with Crippen molar-refractivity contribution in [2.45, 2.75) is 32.2 Å². The van der Waals surface area contributed by atoms with Crippen LogP contribution >= 0.6 is 7.92 Å². The summed E-state index contributed by atoms with van der Waals surface area (Å²) in [6.07, 6.45) is 3.80. The summed E-state index contributed by atoms with van der Waals surface area (Å²) in [5.41, 5.74) is 1.29.